The summed E-state index contributed by atoms with van der Waals surface area (Å²) in [6.45, 7) is 2.11. The van der Waals surface area contributed by atoms with E-state index in [0.29, 0.717) is 12.5 Å². The lowest BCUT2D eigenvalue weighted by Crippen LogP contribution is -2.34. The summed E-state index contributed by atoms with van der Waals surface area (Å²) in [5, 5.41) is 2.55. The second-order valence-corrected chi connectivity index (χ2v) is 2.58. The van der Waals surface area contributed by atoms with E-state index in [0.717, 1.165) is 0 Å². The van der Waals surface area contributed by atoms with Crippen molar-refractivity contribution < 1.29 is 9.53 Å². The second-order valence-electron chi connectivity index (χ2n) is 2.20. The van der Waals surface area contributed by atoms with Gasteiger partial charge in [0.05, 0.1) is 12.6 Å². The summed E-state index contributed by atoms with van der Waals surface area (Å²) in [6, 6.07) is -0.253. The molecule has 0 bridgehead atoms. The zero-order valence-corrected chi connectivity index (χ0v) is 7.73. The molecule has 0 saturated heterocycles. The van der Waals surface area contributed by atoms with Crippen molar-refractivity contribution in [1.29, 1.82) is 0 Å². The highest BCUT2D eigenvalue weighted by molar-refractivity contribution is 6.17. The minimum absolute atomic E-state index is 0.0126. The summed E-state index contributed by atoms with van der Waals surface area (Å²) in [5.41, 5.74) is 0. The smallest absolute Gasteiger partial charge is 0.246 e. The first kappa shape index (κ1) is 11.3. The molecule has 0 aliphatic heterocycles. The van der Waals surface area contributed by atoms with E-state index < -0.39 is 0 Å². The molecule has 68 valence electrons. The molecule has 0 aliphatic rings. The number of ether oxygens (including phenoxy) is 1. The summed E-state index contributed by atoms with van der Waals surface area (Å²) in [4.78, 5) is 10.9. The third-order valence-corrected chi connectivity index (χ3v) is 1.24. The molecule has 0 fully saturated rings. The molecule has 1 amide bonds. The number of halogens is 1. The number of carbonyl (C=O) groups excluding carboxylic acids is 1. The molecule has 12 heavy (non-hydrogen) atoms. The number of alkyl halides is 1. The van der Waals surface area contributed by atoms with Gasteiger partial charge in [-0.25, -0.2) is 0 Å². The maximum absolute atomic E-state index is 10.9. The molecule has 3 nitrogen and oxygen atoms in total. The van der Waals surface area contributed by atoms with Crippen LogP contribution in [-0.2, 0) is 9.53 Å². The zero-order valence-electron chi connectivity index (χ0n) is 6.97. The summed E-state index contributed by atoms with van der Waals surface area (Å²) in [6.07, 6.45) is 5.05. The van der Waals surface area contributed by atoms with Gasteiger partial charge in [-0.15, -0.1) is 18.0 Å². The van der Waals surface area contributed by atoms with Gasteiger partial charge in [-0.1, -0.05) is 5.92 Å². The van der Waals surface area contributed by atoms with Crippen molar-refractivity contribution in [2.75, 3.05) is 19.1 Å². The molecule has 0 saturated carbocycles. The molecular weight excluding hydrogens is 178 g/mol. The van der Waals surface area contributed by atoms with Crippen LogP contribution in [0, 0.1) is 12.3 Å². The van der Waals surface area contributed by atoms with Gasteiger partial charge in [-0.2, -0.15) is 0 Å². The largest absolute Gasteiger partial charge is 0.370 e. The van der Waals surface area contributed by atoms with E-state index in [1.165, 1.54) is 0 Å². The van der Waals surface area contributed by atoms with Gasteiger partial charge in [0, 0.05) is 5.88 Å². The molecule has 0 aliphatic carbocycles. The van der Waals surface area contributed by atoms with E-state index in [4.69, 9.17) is 22.8 Å². The van der Waals surface area contributed by atoms with Gasteiger partial charge >= 0.3 is 0 Å². The van der Waals surface area contributed by atoms with E-state index >= 15 is 0 Å². The van der Waals surface area contributed by atoms with Gasteiger partial charge in [-0.3, -0.25) is 4.79 Å². The minimum Gasteiger partial charge on any atom is -0.370 e. The normalized spacial score (nSPS) is 11.8. The number of nitrogens with one attached hydrogen (secondary N) is 1. The van der Waals surface area contributed by atoms with Crippen LogP contribution in [0.15, 0.2) is 0 Å². The Morgan fingerprint density at radius 2 is 2.50 bits per heavy atom. The van der Waals surface area contributed by atoms with Crippen molar-refractivity contribution >= 4 is 17.5 Å². The van der Waals surface area contributed by atoms with Crippen LogP contribution in [-0.4, -0.2) is 31.0 Å². The fourth-order valence-corrected chi connectivity index (χ4v) is 0.653. The quantitative estimate of drug-likeness (QED) is 0.386. The van der Waals surface area contributed by atoms with Crippen LogP contribution < -0.4 is 5.32 Å². The van der Waals surface area contributed by atoms with Crippen molar-refractivity contribution in [1.82, 2.24) is 5.32 Å². The monoisotopic (exact) mass is 189 g/mol. The molecule has 0 aromatic heterocycles. The molecule has 0 spiro atoms. The molecule has 0 aromatic carbocycles. The van der Waals surface area contributed by atoms with E-state index in [1.807, 2.05) is 0 Å². The topological polar surface area (TPSA) is 38.3 Å². The van der Waals surface area contributed by atoms with Crippen LogP contribution in [0.4, 0.5) is 0 Å². The number of hydrogen-bond acceptors (Lipinski definition) is 2. The lowest BCUT2D eigenvalue weighted by molar-refractivity contribution is -0.125. The molecule has 1 atom stereocenters. The molecule has 4 heteroatoms. The Balaban J connectivity index is 3.41. The van der Waals surface area contributed by atoms with Crippen molar-refractivity contribution in [3.63, 3.8) is 0 Å². The van der Waals surface area contributed by atoms with Gasteiger partial charge in [0.25, 0.3) is 0 Å². The standard InChI is InChI=1S/C8H12ClNO2/c1-3-7(2)10-8(11)6-12-5-4-9/h1,7H,4-6H2,2H3,(H,10,11). The van der Waals surface area contributed by atoms with E-state index in [2.05, 4.69) is 11.2 Å². The van der Waals surface area contributed by atoms with Crippen molar-refractivity contribution in [3.8, 4) is 12.3 Å². The lowest BCUT2D eigenvalue weighted by Gasteiger charge is -2.06. The predicted octanol–water partition coefficient (Wildman–Crippen LogP) is 0.380. The Morgan fingerprint density at radius 3 is 3.00 bits per heavy atom. The summed E-state index contributed by atoms with van der Waals surface area (Å²) in [7, 11) is 0. The average molecular weight is 190 g/mol. The van der Waals surface area contributed by atoms with Crippen molar-refractivity contribution in [3.05, 3.63) is 0 Å². The Morgan fingerprint density at radius 1 is 1.83 bits per heavy atom. The summed E-state index contributed by atoms with van der Waals surface area (Å²) in [5.74, 6) is 2.54. The van der Waals surface area contributed by atoms with Gasteiger partial charge < -0.3 is 10.1 Å². The lowest BCUT2D eigenvalue weighted by atomic mass is 10.3. The minimum atomic E-state index is -0.253. The molecule has 0 rings (SSSR count). The van der Waals surface area contributed by atoms with Crippen molar-refractivity contribution in [2.45, 2.75) is 13.0 Å². The maximum atomic E-state index is 10.9. The SMILES string of the molecule is C#CC(C)NC(=O)COCCCl. The van der Waals surface area contributed by atoms with Crippen LogP contribution in [0.5, 0.6) is 0 Å². The van der Waals surface area contributed by atoms with Crippen LogP contribution in [0.3, 0.4) is 0 Å². The summed E-state index contributed by atoms with van der Waals surface area (Å²) < 4.78 is 4.88. The highest BCUT2D eigenvalue weighted by atomic mass is 35.5. The van der Waals surface area contributed by atoms with E-state index in [-0.39, 0.29) is 18.6 Å². The van der Waals surface area contributed by atoms with Crippen LogP contribution >= 0.6 is 11.6 Å². The fraction of sp³-hybridized carbons (Fsp3) is 0.625. The van der Waals surface area contributed by atoms with Gasteiger partial charge in [0.2, 0.25) is 5.91 Å². The fourth-order valence-electron chi connectivity index (χ4n) is 0.544. The molecule has 1 N–H and O–H groups in total. The highest BCUT2D eigenvalue weighted by Crippen LogP contribution is 1.81. The highest BCUT2D eigenvalue weighted by Gasteiger charge is 2.03. The van der Waals surface area contributed by atoms with Gasteiger partial charge in [0.15, 0.2) is 0 Å². The molecule has 1 unspecified atom stereocenters. The molecule has 0 heterocycles. The third kappa shape index (κ3) is 6.02. The summed E-state index contributed by atoms with van der Waals surface area (Å²) >= 11 is 5.33. The Bertz CT molecular complexity index is 176. The van der Waals surface area contributed by atoms with E-state index in [1.54, 1.807) is 6.92 Å². The van der Waals surface area contributed by atoms with E-state index in [9.17, 15) is 4.79 Å². The Labute approximate surface area is 77.4 Å². The van der Waals surface area contributed by atoms with Gasteiger partial charge in [-0.05, 0) is 6.92 Å². The number of rotatable bonds is 5. The first-order chi connectivity index (χ1) is 5.70. The van der Waals surface area contributed by atoms with Gasteiger partial charge in [0.1, 0.15) is 6.61 Å². The van der Waals surface area contributed by atoms with Crippen LogP contribution in [0.1, 0.15) is 6.92 Å². The first-order valence-corrected chi connectivity index (χ1v) is 4.13. The Kier molecular flexibility index (Phi) is 6.54. The van der Waals surface area contributed by atoms with Crippen molar-refractivity contribution in [2.24, 2.45) is 0 Å². The number of amides is 1. The average Bonchev–Trinajstić information content (AvgIpc) is 2.05. The molecule has 0 aromatic rings. The molecular formula is C8H12ClNO2. The third-order valence-electron chi connectivity index (χ3n) is 1.08. The second kappa shape index (κ2) is 6.96. The maximum Gasteiger partial charge on any atom is 0.246 e. The predicted molar refractivity (Wildman–Crippen MR) is 48.0 cm³/mol. The van der Waals surface area contributed by atoms with Crippen LogP contribution in [0.2, 0.25) is 0 Å². The number of terminal acetylenes is 1. The first-order valence-electron chi connectivity index (χ1n) is 3.60. The number of hydrogen-bond donors (Lipinski definition) is 1. The van der Waals surface area contributed by atoms with Crippen LogP contribution in [0.25, 0.3) is 0 Å². The Hall–Kier alpha value is -0.720. The number of carbonyl (C=O) groups is 1. The zero-order chi connectivity index (χ0) is 9.40. The molecule has 0 radical (unpaired) electrons.